The Morgan fingerprint density at radius 1 is 1.00 bits per heavy atom. The highest BCUT2D eigenvalue weighted by molar-refractivity contribution is 5.95. The van der Waals surface area contributed by atoms with Crippen molar-refractivity contribution in [2.45, 2.75) is 32.2 Å². The van der Waals surface area contributed by atoms with Gasteiger partial charge in [-0.3, -0.25) is 14.8 Å². The Hall–Kier alpha value is -2.70. The molecule has 2 aromatic carbocycles. The molecule has 2 saturated heterocycles. The number of benzene rings is 2. The van der Waals surface area contributed by atoms with Crippen LogP contribution in [0, 0.1) is 5.92 Å². The van der Waals surface area contributed by atoms with E-state index in [9.17, 15) is 4.79 Å². The molecule has 0 saturated carbocycles. The molecule has 32 heavy (non-hydrogen) atoms. The summed E-state index contributed by atoms with van der Waals surface area (Å²) in [5.74, 6) is 0.781. The van der Waals surface area contributed by atoms with E-state index in [1.54, 1.807) is 0 Å². The minimum Gasteiger partial charge on any atom is -0.379 e. The molecule has 5 rings (SSSR count). The van der Waals surface area contributed by atoms with Crippen LogP contribution in [0.3, 0.4) is 0 Å². The molecule has 6 heteroatoms. The van der Waals surface area contributed by atoms with Crippen LogP contribution in [0.15, 0.2) is 48.7 Å². The Balaban J connectivity index is 1.24. The van der Waals surface area contributed by atoms with Crippen molar-refractivity contribution in [3.05, 3.63) is 65.4 Å². The fraction of sp³-hybridized carbons (Fsp3) is 0.462. The van der Waals surface area contributed by atoms with E-state index >= 15 is 0 Å². The van der Waals surface area contributed by atoms with Gasteiger partial charge in [-0.1, -0.05) is 30.3 Å². The number of amides is 1. The van der Waals surface area contributed by atoms with Crippen LogP contribution in [-0.4, -0.2) is 65.3 Å². The zero-order valence-electron chi connectivity index (χ0n) is 18.6. The normalized spacial score (nSPS) is 20.4. The second-order valence-electron chi connectivity index (χ2n) is 9.09. The van der Waals surface area contributed by atoms with Gasteiger partial charge in [0.25, 0.3) is 5.91 Å². The predicted molar refractivity (Wildman–Crippen MR) is 126 cm³/mol. The number of H-pyrrole nitrogens is 1. The molecule has 0 unspecified atom stereocenters. The first-order valence-electron chi connectivity index (χ1n) is 11.9. The summed E-state index contributed by atoms with van der Waals surface area (Å²) in [5.41, 5.74) is 4.45. The zero-order chi connectivity index (χ0) is 21.8. The van der Waals surface area contributed by atoms with Gasteiger partial charge in [0.15, 0.2) is 0 Å². The average molecular weight is 433 g/mol. The van der Waals surface area contributed by atoms with Gasteiger partial charge in [0.2, 0.25) is 0 Å². The number of carbonyl (C=O) groups excluding carboxylic acids is 1. The number of nitrogens with one attached hydrogen (secondary N) is 1. The standard InChI is InChI=1S/C26H32N4O2/c31-26(23-8-2-1-6-22(23)19-29-13-15-32-16-14-29)30-11-4-5-20(10-12-30)17-21-7-3-9-25-24(21)18-27-28-25/h1-3,6-9,18,20H,4-5,10-17,19H2,(H,27,28)/t20-/m1/s1. The van der Waals surface area contributed by atoms with Crippen molar-refractivity contribution in [1.29, 1.82) is 0 Å². The minimum absolute atomic E-state index is 0.187. The summed E-state index contributed by atoms with van der Waals surface area (Å²) >= 11 is 0. The number of likely N-dealkylation sites (tertiary alicyclic amines) is 1. The third-order valence-corrected chi connectivity index (χ3v) is 6.96. The number of rotatable bonds is 5. The highest BCUT2D eigenvalue weighted by Crippen LogP contribution is 2.27. The molecule has 6 nitrogen and oxygen atoms in total. The van der Waals surface area contributed by atoms with Gasteiger partial charge in [0.05, 0.1) is 24.9 Å². The van der Waals surface area contributed by atoms with Crippen LogP contribution in [0.4, 0.5) is 0 Å². The van der Waals surface area contributed by atoms with Crippen LogP contribution in [0.2, 0.25) is 0 Å². The van der Waals surface area contributed by atoms with E-state index in [0.717, 1.165) is 88.3 Å². The van der Waals surface area contributed by atoms with Crippen LogP contribution in [-0.2, 0) is 17.7 Å². The molecule has 0 radical (unpaired) electrons. The Kier molecular flexibility index (Phi) is 6.51. The zero-order valence-corrected chi connectivity index (χ0v) is 18.6. The smallest absolute Gasteiger partial charge is 0.254 e. The van der Waals surface area contributed by atoms with Crippen molar-refractivity contribution < 1.29 is 9.53 Å². The Bertz CT molecular complexity index is 1060. The Morgan fingerprint density at radius 3 is 2.75 bits per heavy atom. The number of aromatic amines is 1. The number of hydrogen-bond acceptors (Lipinski definition) is 4. The summed E-state index contributed by atoms with van der Waals surface area (Å²) in [4.78, 5) is 17.9. The summed E-state index contributed by atoms with van der Waals surface area (Å²) in [5, 5.41) is 8.50. The van der Waals surface area contributed by atoms with Crippen LogP contribution in [0.1, 0.15) is 40.7 Å². The number of carbonyl (C=O) groups is 1. The highest BCUT2D eigenvalue weighted by atomic mass is 16.5. The molecule has 2 fully saturated rings. The van der Waals surface area contributed by atoms with Crippen LogP contribution < -0.4 is 0 Å². The molecule has 2 aliphatic rings. The maximum atomic E-state index is 13.5. The van der Waals surface area contributed by atoms with Crippen molar-refractivity contribution in [3.8, 4) is 0 Å². The van der Waals surface area contributed by atoms with Gasteiger partial charge in [-0.2, -0.15) is 5.10 Å². The summed E-state index contributed by atoms with van der Waals surface area (Å²) in [6, 6.07) is 14.5. The molecule has 0 spiro atoms. The van der Waals surface area contributed by atoms with E-state index in [1.165, 1.54) is 10.9 Å². The van der Waals surface area contributed by atoms with E-state index in [4.69, 9.17) is 4.74 Å². The molecule has 1 atom stereocenters. The molecule has 168 valence electrons. The number of fused-ring (bicyclic) bond motifs is 1. The molecular formula is C26H32N4O2. The van der Waals surface area contributed by atoms with Crippen molar-refractivity contribution in [3.63, 3.8) is 0 Å². The average Bonchev–Trinajstić information content (AvgIpc) is 3.20. The lowest BCUT2D eigenvalue weighted by Crippen LogP contribution is -2.37. The molecule has 1 aromatic heterocycles. The Morgan fingerprint density at radius 2 is 1.84 bits per heavy atom. The lowest BCUT2D eigenvalue weighted by Gasteiger charge is -2.28. The van der Waals surface area contributed by atoms with E-state index in [0.29, 0.717) is 5.92 Å². The second kappa shape index (κ2) is 9.84. The highest BCUT2D eigenvalue weighted by Gasteiger charge is 2.24. The van der Waals surface area contributed by atoms with Gasteiger partial charge in [-0.05, 0) is 54.9 Å². The fourth-order valence-electron chi connectivity index (χ4n) is 5.13. The summed E-state index contributed by atoms with van der Waals surface area (Å²) in [6.07, 6.45) is 6.25. The van der Waals surface area contributed by atoms with E-state index in [2.05, 4.69) is 44.3 Å². The van der Waals surface area contributed by atoms with E-state index in [-0.39, 0.29) is 5.91 Å². The number of morpholine rings is 1. The van der Waals surface area contributed by atoms with Crippen molar-refractivity contribution in [1.82, 2.24) is 20.0 Å². The largest absolute Gasteiger partial charge is 0.379 e. The van der Waals surface area contributed by atoms with E-state index in [1.807, 2.05) is 24.4 Å². The maximum Gasteiger partial charge on any atom is 0.254 e. The first kappa shape index (κ1) is 21.2. The van der Waals surface area contributed by atoms with Crippen molar-refractivity contribution in [2.75, 3.05) is 39.4 Å². The fourth-order valence-corrected chi connectivity index (χ4v) is 5.13. The third kappa shape index (κ3) is 4.71. The van der Waals surface area contributed by atoms with Gasteiger partial charge in [0.1, 0.15) is 0 Å². The Labute approximate surface area is 189 Å². The molecule has 2 aliphatic heterocycles. The van der Waals surface area contributed by atoms with Crippen LogP contribution in [0.25, 0.3) is 10.9 Å². The summed E-state index contributed by atoms with van der Waals surface area (Å²) < 4.78 is 5.47. The SMILES string of the molecule is O=C(c1ccccc1CN1CCOCC1)N1CCC[C@@H](Cc2cccc3[nH]ncc23)CC1. The monoisotopic (exact) mass is 432 g/mol. The van der Waals surface area contributed by atoms with Crippen LogP contribution >= 0.6 is 0 Å². The first-order chi connectivity index (χ1) is 15.8. The van der Waals surface area contributed by atoms with Gasteiger partial charge < -0.3 is 9.64 Å². The van der Waals surface area contributed by atoms with E-state index < -0.39 is 0 Å². The topological polar surface area (TPSA) is 61.5 Å². The van der Waals surface area contributed by atoms with Gasteiger partial charge in [0, 0.05) is 43.7 Å². The minimum atomic E-state index is 0.187. The lowest BCUT2D eigenvalue weighted by molar-refractivity contribution is 0.0340. The van der Waals surface area contributed by atoms with Crippen LogP contribution in [0.5, 0.6) is 0 Å². The van der Waals surface area contributed by atoms with Crippen molar-refractivity contribution >= 4 is 16.8 Å². The molecule has 1 amide bonds. The summed E-state index contributed by atoms with van der Waals surface area (Å²) in [7, 11) is 0. The first-order valence-corrected chi connectivity index (χ1v) is 11.9. The lowest BCUT2D eigenvalue weighted by atomic mass is 9.91. The number of nitrogens with zero attached hydrogens (tertiary/aromatic N) is 3. The molecule has 1 N–H and O–H groups in total. The molecule has 3 aromatic rings. The quantitative estimate of drug-likeness (QED) is 0.665. The number of hydrogen-bond donors (Lipinski definition) is 1. The molecular weight excluding hydrogens is 400 g/mol. The number of ether oxygens (including phenoxy) is 1. The van der Waals surface area contributed by atoms with Gasteiger partial charge in [-0.15, -0.1) is 0 Å². The number of aromatic nitrogens is 2. The summed E-state index contributed by atoms with van der Waals surface area (Å²) in [6.45, 7) is 5.89. The maximum absolute atomic E-state index is 13.5. The third-order valence-electron chi connectivity index (χ3n) is 6.96. The predicted octanol–water partition coefficient (Wildman–Crippen LogP) is 3.88. The van der Waals surface area contributed by atoms with Crippen molar-refractivity contribution in [2.24, 2.45) is 5.92 Å². The molecule has 3 heterocycles. The second-order valence-corrected chi connectivity index (χ2v) is 9.09. The molecule has 0 bridgehead atoms. The molecule has 0 aliphatic carbocycles. The van der Waals surface area contributed by atoms with Gasteiger partial charge in [-0.25, -0.2) is 0 Å². The van der Waals surface area contributed by atoms with Gasteiger partial charge >= 0.3 is 0 Å².